The van der Waals surface area contributed by atoms with Gasteiger partial charge >= 0.3 is 0 Å². The van der Waals surface area contributed by atoms with Gasteiger partial charge in [-0.1, -0.05) is 0 Å². The average Bonchev–Trinajstić information content (AvgIpc) is 3.16. The topological polar surface area (TPSA) is 75.5 Å². The summed E-state index contributed by atoms with van der Waals surface area (Å²) >= 11 is 0. The van der Waals surface area contributed by atoms with Crippen molar-refractivity contribution in [3.05, 3.63) is 18.0 Å². The molecule has 0 bridgehead atoms. The molecular formula is C19H32N4O3S. The molecule has 7 nitrogen and oxygen atoms in total. The summed E-state index contributed by atoms with van der Waals surface area (Å²) in [5.41, 5.74) is 1.22. The van der Waals surface area contributed by atoms with Gasteiger partial charge in [0.25, 0.3) is 0 Å². The highest BCUT2D eigenvalue weighted by molar-refractivity contribution is 7.89. The van der Waals surface area contributed by atoms with Gasteiger partial charge in [-0.15, -0.1) is 0 Å². The van der Waals surface area contributed by atoms with Crippen LogP contribution in [-0.2, 0) is 21.4 Å². The Hall–Kier alpha value is -1.41. The highest BCUT2D eigenvalue weighted by atomic mass is 32.2. The first kappa shape index (κ1) is 20.3. The number of piperidine rings is 2. The van der Waals surface area contributed by atoms with Crippen molar-refractivity contribution in [2.75, 3.05) is 25.4 Å². The Bertz CT molecular complexity index is 738. The molecule has 1 amide bonds. The molecule has 3 rings (SSSR count). The SMILES string of the molecule is CCn1cc(C2CCN(S(=O)(=O)CCC3CCCCN3C(C)=O)CC2)cn1. The first-order valence-electron chi connectivity index (χ1n) is 10.2. The third-order valence-corrected chi connectivity index (χ3v) is 7.94. The van der Waals surface area contributed by atoms with Crippen LogP contribution in [0.5, 0.6) is 0 Å². The highest BCUT2D eigenvalue weighted by Gasteiger charge is 2.31. The van der Waals surface area contributed by atoms with Crippen molar-refractivity contribution < 1.29 is 13.2 Å². The smallest absolute Gasteiger partial charge is 0.219 e. The molecule has 0 aromatic carbocycles. The summed E-state index contributed by atoms with van der Waals surface area (Å²) in [4.78, 5) is 13.6. The maximum absolute atomic E-state index is 12.8. The van der Waals surface area contributed by atoms with Crippen LogP contribution in [0.2, 0.25) is 0 Å². The molecule has 1 aromatic rings. The first-order chi connectivity index (χ1) is 12.9. The zero-order valence-corrected chi connectivity index (χ0v) is 17.3. The lowest BCUT2D eigenvalue weighted by molar-refractivity contribution is -0.132. The summed E-state index contributed by atoms with van der Waals surface area (Å²) in [5.74, 6) is 0.591. The van der Waals surface area contributed by atoms with Crippen LogP contribution < -0.4 is 0 Å². The van der Waals surface area contributed by atoms with Crippen molar-refractivity contribution in [1.29, 1.82) is 0 Å². The average molecular weight is 397 g/mol. The largest absolute Gasteiger partial charge is 0.340 e. The van der Waals surface area contributed by atoms with E-state index in [1.54, 1.807) is 11.2 Å². The van der Waals surface area contributed by atoms with E-state index in [0.717, 1.165) is 45.2 Å². The zero-order chi connectivity index (χ0) is 19.4. The zero-order valence-electron chi connectivity index (χ0n) is 16.5. The Morgan fingerprint density at radius 1 is 1.19 bits per heavy atom. The maximum Gasteiger partial charge on any atom is 0.219 e. The number of hydrogen-bond acceptors (Lipinski definition) is 4. The van der Waals surface area contributed by atoms with Gasteiger partial charge < -0.3 is 4.90 Å². The summed E-state index contributed by atoms with van der Waals surface area (Å²) in [6, 6.07) is 0.0726. The number of sulfonamides is 1. The van der Waals surface area contributed by atoms with Crippen LogP contribution in [0.4, 0.5) is 0 Å². The number of nitrogens with zero attached hydrogens (tertiary/aromatic N) is 4. The molecule has 152 valence electrons. The van der Waals surface area contributed by atoms with E-state index in [9.17, 15) is 13.2 Å². The van der Waals surface area contributed by atoms with Crippen LogP contribution in [0.3, 0.4) is 0 Å². The quantitative estimate of drug-likeness (QED) is 0.739. The molecule has 27 heavy (non-hydrogen) atoms. The number of likely N-dealkylation sites (tertiary alicyclic amines) is 1. The van der Waals surface area contributed by atoms with Gasteiger partial charge in [0.2, 0.25) is 15.9 Å². The lowest BCUT2D eigenvalue weighted by Gasteiger charge is -2.36. The van der Waals surface area contributed by atoms with E-state index < -0.39 is 10.0 Å². The number of hydrogen-bond donors (Lipinski definition) is 0. The molecule has 0 aliphatic carbocycles. The molecule has 0 radical (unpaired) electrons. The number of aryl methyl sites for hydroxylation is 1. The van der Waals surface area contributed by atoms with Crippen LogP contribution >= 0.6 is 0 Å². The van der Waals surface area contributed by atoms with Gasteiger partial charge in [-0.2, -0.15) is 5.10 Å². The Labute approximate surface area is 162 Å². The number of carbonyl (C=O) groups excluding carboxylic acids is 1. The Morgan fingerprint density at radius 2 is 1.93 bits per heavy atom. The molecule has 8 heteroatoms. The minimum absolute atomic E-state index is 0.0607. The summed E-state index contributed by atoms with van der Waals surface area (Å²) in [5, 5.41) is 4.33. The number of rotatable bonds is 6. The van der Waals surface area contributed by atoms with Crippen LogP contribution in [-0.4, -0.2) is 64.7 Å². The van der Waals surface area contributed by atoms with Crippen molar-refractivity contribution in [3.63, 3.8) is 0 Å². The van der Waals surface area contributed by atoms with E-state index in [-0.39, 0.29) is 17.7 Å². The molecule has 2 aliphatic rings. The highest BCUT2D eigenvalue weighted by Crippen LogP contribution is 2.29. The molecule has 3 heterocycles. The molecule has 2 aliphatic heterocycles. The minimum Gasteiger partial charge on any atom is -0.340 e. The van der Waals surface area contributed by atoms with Crippen molar-refractivity contribution in [2.45, 2.75) is 70.9 Å². The van der Waals surface area contributed by atoms with E-state index in [1.807, 2.05) is 15.8 Å². The number of aromatic nitrogens is 2. The second-order valence-corrected chi connectivity index (χ2v) is 9.86. The Kier molecular flexibility index (Phi) is 6.57. The Balaban J connectivity index is 1.52. The second-order valence-electron chi connectivity index (χ2n) is 7.77. The van der Waals surface area contributed by atoms with Crippen LogP contribution in [0.15, 0.2) is 12.4 Å². The fraction of sp³-hybridized carbons (Fsp3) is 0.789. The van der Waals surface area contributed by atoms with E-state index in [0.29, 0.717) is 25.4 Å². The van der Waals surface area contributed by atoms with E-state index in [2.05, 4.69) is 18.2 Å². The molecule has 1 atom stereocenters. The second kappa shape index (κ2) is 8.73. The summed E-state index contributed by atoms with van der Waals surface area (Å²) in [6.45, 7) is 6.41. The van der Waals surface area contributed by atoms with Crippen molar-refractivity contribution in [3.8, 4) is 0 Å². The molecule has 2 saturated heterocycles. The molecule has 0 saturated carbocycles. The normalized spacial score (nSPS) is 22.9. The van der Waals surface area contributed by atoms with Crippen molar-refractivity contribution >= 4 is 15.9 Å². The third kappa shape index (κ3) is 4.90. The maximum atomic E-state index is 12.8. The van der Waals surface area contributed by atoms with Gasteiger partial charge in [-0.25, -0.2) is 12.7 Å². The van der Waals surface area contributed by atoms with E-state index in [1.165, 1.54) is 5.56 Å². The lowest BCUT2D eigenvalue weighted by atomic mass is 9.93. The van der Waals surface area contributed by atoms with Gasteiger partial charge in [0.15, 0.2) is 0 Å². The van der Waals surface area contributed by atoms with Gasteiger partial charge in [-0.05, 0) is 56.9 Å². The third-order valence-electron chi connectivity index (χ3n) is 6.04. The first-order valence-corrected chi connectivity index (χ1v) is 11.8. The number of carbonyl (C=O) groups is 1. The predicted octanol–water partition coefficient (Wildman–Crippen LogP) is 2.20. The molecular weight excluding hydrogens is 364 g/mol. The fourth-order valence-corrected chi connectivity index (χ4v) is 5.96. The van der Waals surface area contributed by atoms with E-state index in [4.69, 9.17) is 0 Å². The van der Waals surface area contributed by atoms with Crippen molar-refractivity contribution in [2.24, 2.45) is 0 Å². The minimum atomic E-state index is -3.26. The predicted molar refractivity (Wildman–Crippen MR) is 105 cm³/mol. The van der Waals surface area contributed by atoms with Crippen LogP contribution in [0, 0.1) is 0 Å². The van der Waals surface area contributed by atoms with Crippen LogP contribution in [0.25, 0.3) is 0 Å². The molecule has 0 N–H and O–H groups in total. The molecule has 2 fully saturated rings. The molecule has 1 aromatic heterocycles. The number of amides is 1. The molecule has 0 spiro atoms. The van der Waals surface area contributed by atoms with Gasteiger partial charge in [0.1, 0.15) is 0 Å². The monoisotopic (exact) mass is 396 g/mol. The summed E-state index contributed by atoms with van der Waals surface area (Å²) in [6.07, 6.45) is 9.24. The summed E-state index contributed by atoms with van der Waals surface area (Å²) < 4.78 is 29.2. The molecule has 1 unspecified atom stereocenters. The van der Waals surface area contributed by atoms with Gasteiger partial charge in [0.05, 0.1) is 11.9 Å². The lowest BCUT2D eigenvalue weighted by Crippen LogP contribution is -2.45. The van der Waals surface area contributed by atoms with Crippen molar-refractivity contribution in [1.82, 2.24) is 19.0 Å². The van der Waals surface area contributed by atoms with E-state index >= 15 is 0 Å². The van der Waals surface area contributed by atoms with Gasteiger partial charge in [0, 0.05) is 45.3 Å². The standard InChI is InChI=1S/C19H32N4O3S/c1-3-21-15-18(14-20-21)17-7-11-22(12-8-17)27(25,26)13-9-19-6-4-5-10-23(19)16(2)24/h14-15,17,19H,3-13H2,1-2H3. The van der Waals surface area contributed by atoms with Gasteiger partial charge in [-0.3, -0.25) is 9.48 Å². The Morgan fingerprint density at radius 3 is 2.56 bits per heavy atom. The fourth-order valence-electron chi connectivity index (χ4n) is 4.36. The van der Waals surface area contributed by atoms with Crippen LogP contribution in [0.1, 0.15) is 63.9 Å². The summed E-state index contributed by atoms with van der Waals surface area (Å²) in [7, 11) is -3.26.